The van der Waals surface area contributed by atoms with Gasteiger partial charge in [0.25, 0.3) is 0 Å². The fraction of sp³-hybridized carbons (Fsp3) is 0.938. The molecule has 0 N–H and O–H groups in total. The van der Waals surface area contributed by atoms with Crippen molar-refractivity contribution in [2.75, 3.05) is 24.6 Å². The molecule has 0 aliphatic rings. The van der Waals surface area contributed by atoms with Crippen LogP contribution in [0.5, 0.6) is 0 Å². The number of rotatable bonds is 11. The summed E-state index contributed by atoms with van der Waals surface area (Å²) in [6.07, 6.45) is 10.6. The number of carbonyl (C=O) groups excluding carboxylic acids is 1. The molecule has 0 radical (unpaired) electrons. The number of hydrogen-bond donors (Lipinski definition) is 0. The molecule has 19 heavy (non-hydrogen) atoms. The van der Waals surface area contributed by atoms with E-state index in [2.05, 4.69) is 34.6 Å². The van der Waals surface area contributed by atoms with Crippen LogP contribution in [0.3, 0.4) is 0 Å². The summed E-state index contributed by atoms with van der Waals surface area (Å²) in [6, 6.07) is 0. The Bertz CT molecular complexity index is 228. The topological polar surface area (TPSA) is 26.3 Å². The minimum atomic E-state index is -2.28. The molecule has 0 aromatic rings. The molecule has 0 amide bonds. The first-order valence-corrected chi connectivity index (χ1v) is 11.1. The molecule has 3 heteroatoms. The Morgan fingerprint density at radius 2 is 1.11 bits per heavy atom. The van der Waals surface area contributed by atoms with E-state index >= 15 is 0 Å². The first-order valence-electron chi connectivity index (χ1n) is 8.24. The molecular formula is C16H35O2P. The van der Waals surface area contributed by atoms with E-state index in [0.29, 0.717) is 6.42 Å². The average Bonchev–Trinajstić information content (AvgIpc) is 2.30. The summed E-state index contributed by atoms with van der Waals surface area (Å²) in [7, 11) is 0. The van der Waals surface area contributed by atoms with Crippen molar-refractivity contribution < 1.29 is 9.32 Å². The van der Waals surface area contributed by atoms with Crippen molar-refractivity contribution >= 4 is 12.8 Å². The summed E-state index contributed by atoms with van der Waals surface area (Å²) in [5.41, 5.74) is 0. The molecule has 0 unspecified atom stereocenters. The van der Waals surface area contributed by atoms with E-state index in [-0.39, 0.29) is 5.97 Å². The Kier molecular flexibility index (Phi) is 8.90. The van der Waals surface area contributed by atoms with Crippen molar-refractivity contribution in [3.05, 3.63) is 0 Å². The van der Waals surface area contributed by atoms with Crippen molar-refractivity contribution in [1.82, 2.24) is 0 Å². The Labute approximate surface area is 120 Å². The van der Waals surface area contributed by atoms with Crippen molar-refractivity contribution in [2.24, 2.45) is 0 Å². The van der Waals surface area contributed by atoms with Gasteiger partial charge in [-0.05, 0) is 0 Å². The summed E-state index contributed by atoms with van der Waals surface area (Å²) in [5.74, 6) is 0.0592. The monoisotopic (exact) mass is 290 g/mol. The molecule has 0 atom stereocenters. The number of carbonyl (C=O) groups is 1. The Balaban J connectivity index is 5.35. The molecule has 0 rings (SSSR count). The van der Waals surface area contributed by atoms with Crippen LogP contribution >= 0.6 is 6.83 Å². The summed E-state index contributed by atoms with van der Waals surface area (Å²) in [5, 5.41) is 0. The van der Waals surface area contributed by atoms with E-state index in [1.165, 1.54) is 0 Å². The van der Waals surface area contributed by atoms with Crippen LogP contribution in [0.2, 0.25) is 0 Å². The van der Waals surface area contributed by atoms with Crippen LogP contribution in [0.15, 0.2) is 0 Å². The molecule has 0 saturated carbocycles. The zero-order valence-corrected chi connectivity index (χ0v) is 14.7. The summed E-state index contributed by atoms with van der Waals surface area (Å²) < 4.78 is 6.32. The molecule has 0 spiro atoms. The standard InChI is InChI=1S/C16H35O2P/c1-6-11-16(17)18-19(12-7-2,13-8-3,14-9-4)15-10-5/h6-15H2,1-5H3. The molecule has 0 aromatic carbocycles. The zero-order valence-electron chi connectivity index (χ0n) is 13.8. The van der Waals surface area contributed by atoms with Crippen LogP contribution < -0.4 is 0 Å². The van der Waals surface area contributed by atoms with Gasteiger partial charge in [0.15, 0.2) is 0 Å². The van der Waals surface area contributed by atoms with Gasteiger partial charge < -0.3 is 0 Å². The number of hydrogen-bond acceptors (Lipinski definition) is 2. The van der Waals surface area contributed by atoms with E-state index < -0.39 is 6.83 Å². The van der Waals surface area contributed by atoms with Gasteiger partial charge in [-0.3, -0.25) is 0 Å². The van der Waals surface area contributed by atoms with Crippen molar-refractivity contribution in [2.45, 2.75) is 73.1 Å². The van der Waals surface area contributed by atoms with Gasteiger partial charge in [0, 0.05) is 0 Å². The van der Waals surface area contributed by atoms with E-state index in [1.807, 2.05) is 0 Å². The summed E-state index contributed by atoms with van der Waals surface area (Å²) in [6.45, 7) is 8.70. The third-order valence-corrected chi connectivity index (χ3v) is 11.0. The molecule has 116 valence electrons. The van der Waals surface area contributed by atoms with Gasteiger partial charge in [-0.15, -0.1) is 0 Å². The summed E-state index contributed by atoms with van der Waals surface area (Å²) in [4.78, 5) is 12.2. The van der Waals surface area contributed by atoms with Gasteiger partial charge in [0.2, 0.25) is 0 Å². The normalized spacial score (nSPS) is 13.8. The molecular weight excluding hydrogens is 255 g/mol. The third-order valence-electron chi connectivity index (χ3n) is 3.97. The van der Waals surface area contributed by atoms with Crippen molar-refractivity contribution in [3.8, 4) is 0 Å². The first kappa shape index (κ1) is 18.9. The maximum absolute atomic E-state index is 12.2. The molecule has 0 saturated heterocycles. The molecule has 0 heterocycles. The Morgan fingerprint density at radius 1 is 0.737 bits per heavy atom. The van der Waals surface area contributed by atoms with Crippen molar-refractivity contribution in [1.29, 1.82) is 0 Å². The molecule has 0 fully saturated rings. The van der Waals surface area contributed by atoms with E-state index in [1.54, 1.807) is 0 Å². The maximum atomic E-state index is 12.2. The van der Waals surface area contributed by atoms with E-state index in [9.17, 15) is 4.79 Å². The second-order valence-electron chi connectivity index (χ2n) is 5.97. The second-order valence-corrected chi connectivity index (χ2v) is 11.7. The van der Waals surface area contributed by atoms with Gasteiger partial charge in [-0.25, -0.2) is 0 Å². The van der Waals surface area contributed by atoms with Crippen LogP contribution in [0.25, 0.3) is 0 Å². The predicted octanol–water partition coefficient (Wildman–Crippen LogP) is 5.44. The molecule has 0 bridgehead atoms. The van der Waals surface area contributed by atoms with Gasteiger partial charge in [-0.1, -0.05) is 0 Å². The fourth-order valence-electron chi connectivity index (χ4n) is 3.65. The molecule has 0 aliphatic heterocycles. The second kappa shape index (κ2) is 8.95. The third kappa shape index (κ3) is 5.42. The van der Waals surface area contributed by atoms with Crippen LogP contribution in [0.4, 0.5) is 0 Å². The predicted molar refractivity (Wildman–Crippen MR) is 88.6 cm³/mol. The average molecular weight is 290 g/mol. The quantitative estimate of drug-likeness (QED) is 0.474. The first-order chi connectivity index (χ1) is 9.01. The molecule has 0 aliphatic carbocycles. The Hall–Kier alpha value is -0.100. The van der Waals surface area contributed by atoms with Gasteiger partial charge >= 0.3 is 120 Å². The van der Waals surface area contributed by atoms with E-state index in [4.69, 9.17) is 4.52 Å². The van der Waals surface area contributed by atoms with Gasteiger partial charge in [-0.2, -0.15) is 0 Å². The van der Waals surface area contributed by atoms with Crippen LogP contribution in [-0.4, -0.2) is 30.6 Å². The molecule has 2 nitrogen and oxygen atoms in total. The van der Waals surface area contributed by atoms with Crippen LogP contribution in [-0.2, 0) is 9.32 Å². The summed E-state index contributed by atoms with van der Waals surface area (Å²) >= 11 is 0. The zero-order chi connectivity index (χ0) is 14.8. The van der Waals surface area contributed by atoms with E-state index in [0.717, 1.165) is 56.8 Å². The van der Waals surface area contributed by atoms with Gasteiger partial charge in [0.1, 0.15) is 0 Å². The SMILES string of the molecule is CCCC(=O)OP(CCC)(CCC)(CCC)CCC. The van der Waals surface area contributed by atoms with Crippen LogP contribution in [0, 0.1) is 0 Å². The Morgan fingerprint density at radius 3 is 1.37 bits per heavy atom. The van der Waals surface area contributed by atoms with Gasteiger partial charge in [0.05, 0.1) is 0 Å². The van der Waals surface area contributed by atoms with Crippen molar-refractivity contribution in [3.63, 3.8) is 0 Å². The fourth-order valence-corrected chi connectivity index (χ4v) is 10.6. The van der Waals surface area contributed by atoms with Crippen LogP contribution in [0.1, 0.15) is 73.1 Å². The molecule has 0 aromatic heterocycles. The minimum absolute atomic E-state index is 0.0592.